The summed E-state index contributed by atoms with van der Waals surface area (Å²) in [7, 11) is 0. The number of likely N-dealkylation sites (tertiary alicyclic amines) is 1. The molecule has 0 aromatic carbocycles. The second-order valence-corrected chi connectivity index (χ2v) is 7.23. The second-order valence-electron chi connectivity index (χ2n) is 6.20. The van der Waals surface area contributed by atoms with E-state index in [1.54, 1.807) is 6.20 Å². The summed E-state index contributed by atoms with van der Waals surface area (Å²) in [4.78, 5) is 16.2. The molecule has 1 saturated heterocycles. The Kier molecular flexibility index (Phi) is 4.86. The first kappa shape index (κ1) is 16.6. The number of aromatic nitrogens is 3. The van der Waals surface area contributed by atoms with Crippen LogP contribution in [0.4, 0.5) is 10.9 Å². The molecule has 0 amide bonds. The highest BCUT2D eigenvalue weighted by molar-refractivity contribution is 7.16. The number of rotatable bonds is 5. The molecular formula is C19H18N6S. The summed E-state index contributed by atoms with van der Waals surface area (Å²) in [5.74, 6) is 0.761. The second kappa shape index (κ2) is 7.60. The van der Waals surface area contributed by atoms with Gasteiger partial charge in [-0.25, -0.2) is 9.97 Å². The molecule has 1 atom stereocenters. The summed E-state index contributed by atoms with van der Waals surface area (Å²) in [6.07, 6.45) is 7.54. The molecule has 0 saturated carbocycles. The van der Waals surface area contributed by atoms with Gasteiger partial charge in [0.25, 0.3) is 0 Å². The molecule has 0 unspecified atom stereocenters. The fraction of sp³-hybridized carbons (Fsp3) is 0.263. The van der Waals surface area contributed by atoms with Gasteiger partial charge in [-0.3, -0.25) is 9.88 Å². The largest absolute Gasteiger partial charge is 0.316 e. The summed E-state index contributed by atoms with van der Waals surface area (Å²) in [6.45, 7) is 1.98. The first-order valence-electron chi connectivity index (χ1n) is 8.55. The summed E-state index contributed by atoms with van der Waals surface area (Å²) >= 11 is 1.33. The van der Waals surface area contributed by atoms with E-state index in [9.17, 15) is 0 Å². The normalized spacial score (nSPS) is 17.1. The van der Waals surface area contributed by atoms with Crippen LogP contribution in [-0.4, -0.2) is 26.4 Å². The minimum absolute atomic E-state index is 0.316. The van der Waals surface area contributed by atoms with Crippen molar-refractivity contribution in [3.05, 3.63) is 65.1 Å². The number of nitriles is 1. The van der Waals surface area contributed by atoms with Crippen LogP contribution in [0.25, 0.3) is 0 Å². The number of hydrogen-bond acceptors (Lipinski definition) is 7. The quantitative estimate of drug-likeness (QED) is 0.742. The van der Waals surface area contributed by atoms with E-state index in [2.05, 4.69) is 44.5 Å². The van der Waals surface area contributed by atoms with Crippen molar-refractivity contribution in [2.24, 2.45) is 0 Å². The van der Waals surface area contributed by atoms with E-state index in [1.807, 2.05) is 24.5 Å². The minimum atomic E-state index is 0.316. The Labute approximate surface area is 156 Å². The molecule has 7 heteroatoms. The number of hydrogen-bond donors (Lipinski definition) is 1. The van der Waals surface area contributed by atoms with Crippen LogP contribution in [0.1, 0.15) is 35.0 Å². The molecule has 0 bridgehead atoms. The number of nitrogens with zero attached hydrogens (tertiary/aromatic N) is 5. The van der Waals surface area contributed by atoms with Crippen molar-refractivity contribution < 1.29 is 0 Å². The average Bonchev–Trinajstić information content (AvgIpc) is 3.32. The first-order chi connectivity index (χ1) is 12.8. The molecule has 26 heavy (non-hydrogen) atoms. The highest BCUT2D eigenvalue weighted by Gasteiger charge is 2.27. The third kappa shape index (κ3) is 3.72. The maximum absolute atomic E-state index is 8.92. The molecule has 6 nitrogen and oxygen atoms in total. The van der Waals surface area contributed by atoms with Crippen LogP contribution in [0.5, 0.6) is 0 Å². The molecule has 3 aromatic heterocycles. The van der Waals surface area contributed by atoms with E-state index >= 15 is 0 Å². The maximum Gasteiger partial charge on any atom is 0.189 e. The number of pyridine rings is 2. The average molecular weight is 362 g/mol. The maximum atomic E-state index is 8.92. The van der Waals surface area contributed by atoms with Crippen molar-refractivity contribution in [1.82, 2.24) is 19.9 Å². The van der Waals surface area contributed by atoms with Crippen molar-refractivity contribution in [1.29, 1.82) is 5.26 Å². The molecule has 0 aliphatic carbocycles. The fourth-order valence-corrected chi connectivity index (χ4v) is 3.89. The zero-order valence-corrected chi connectivity index (χ0v) is 15.0. The van der Waals surface area contributed by atoms with E-state index in [1.165, 1.54) is 23.3 Å². The van der Waals surface area contributed by atoms with Crippen LogP contribution in [0.3, 0.4) is 0 Å². The molecule has 0 radical (unpaired) electrons. The van der Waals surface area contributed by atoms with Gasteiger partial charge in [0.1, 0.15) is 16.8 Å². The number of anilines is 2. The van der Waals surface area contributed by atoms with E-state index in [4.69, 9.17) is 10.2 Å². The summed E-state index contributed by atoms with van der Waals surface area (Å²) in [5, 5.41) is 12.8. The lowest BCUT2D eigenvalue weighted by Crippen LogP contribution is -2.23. The molecule has 1 aliphatic rings. The van der Waals surface area contributed by atoms with Gasteiger partial charge in [0.2, 0.25) is 0 Å². The van der Waals surface area contributed by atoms with Crippen LogP contribution in [0.15, 0.2) is 48.9 Å². The van der Waals surface area contributed by atoms with E-state index in [-0.39, 0.29) is 0 Å². The van der Waals surface area contributed by atoms with Crippen molar-refractivity contribution in [3.8, 4) is 6.07 Å². The molecule has 3 aromatic rings. The molecule has 1 aliphatic heterocycles. The third-order valence-corrected chi connectivity index (χ3v) is 5.28. The van der Waals surface area contributed by atoms with Crippen molar-refractivity contribution >= 4 is 22.3 Å². The van der Waals surface area contributed by atoms with E-state index in [0.717, 1.165) is 31.0 Å². The van der Waals surface area contributed by atoms with Gasteiger partial charge in [0, 0.05) is 18.9 Å². The Bertz CT molecular complexity index is 917. The lowest BCUT2D eigenvalue weighted by atomic mass is 10.1. The Morgan fingerprint density at radius 3 is 2.96 bits per heavy atom. The molecular weight excluding hydrogens is 344 g/mol. The number of nitrogens with one attached hydrogen (secondary N) is 1. The van der Waals surface area contributed by atoms with Gasteiger partial charge < -0.3 is 5.32 Å². The highest BCUT2D eigenvalue weighted by atomic mass is 32.1. The molecule has 130 valence electrons. The Morgan fingerprint density at radius 1 is 1.27 bits per heavy atom. The summed E-state index contributed by atoms with van der Waals surface area (Å²) in [5.41, 5.74) is 2.34. The predicted octanol–water partition coefficient (Wildman–Crippen LogP) is 3.89. The van der Waals surface area contributed by atoms with Gasteiger partial charge in [-0.1, -0.05) is 17.4 Å². The van der Waals surface area contributed by atoms with Crippen molar-refractivity contribution in [3.63, 3.8) is 0 Å². The summed E-state index contributed by atoms with van der Waals surface area (Å²) < 4.78 is 0. The molecule has 4 rings (SSSR count). The first-order valence-corrected chi connectivity index (χ1v) is 9.36. The molecule has 4 heterocycles. The van der Waals surface area contributed by atoms with Gasteiger partial charge in [-0.05, 0) is 49.2 Å². The van der Waals surface area contributed by atoms with Crippen LogP contribution < -0.4 is 5.32 Å². The monoisotopic (exact) mass is 362 g/mol. The van der Waals surface area contributed by atoms with Gasteiger partial charge in [0.15, 0.2) is 5.13 Å². The lowest BCUT2D eigenvalue weighted by Gasteiger charge is -2.24. The predicted molar refractivity (Wildman–Crippen MR) is 101 cm³/mol. The van der Waals surface area contributed by atoms with Crippen molar-refractivity contribution in [2.45, 2.75) is 25.4 Å². The Hall–Kier alpha value is -2.82. The van der Waals surface area contributed by atoms with Crippen molar-refractivity contribution in [2.75, 3.05) is 11.9 Å². The smallest absolute Gasteiger partial charge is 0.189 e. The van der Waals surface area contributed by atoms with Crippen LogP contribution >= 0.6 is 11.3 Å². The molecule has 1 fully saturated rings. The minimum Gasteiger partial charge on any atom is -0.316 e. The van der Waals surface area contributed by atoms with Gasteiger partial charge in [-0.15, -0.1) is 0 Å². The Morgan fingerprint density at radius 2 is 2.15 bits per heavy atom. The number of thiazole rings is 1. The highest BCUT2D eigenvalue weighted by Crippen LogP contribution is 2.33. The molecule has 0 spiro atoms. The van der Waals surface area contributed by atoms with Crippen LogP contribution in [0, 0.1) is 11.3 Å². The SMILES string of the molecule is N#Cc1cnc(Nc2cccc([C@H]3CCCN3Cc3ccncc3)n2)s1. The topological polar surface area (TPSA) is 77.7 Å². The van der Waals surface area contributed by atoms with Gasteiger partial charge >= 0.3 is 0 Å². The van der Waals surface area contributed by atoms with Gasteiger partial charge in [-0.2, -0.15) is 5.26 Å². The zero-order valence-electron chi connectivity index (χ0n) is 14.2. The van der Waals surface area contributed by atoms with Crippen LogP contribution in [0.2, 0.25) is 0 Å². The lowest BCUT2D eigenvalue weighted by molar-refractivity contribution is 0.244. The third-order valence-electron chi connectivity index (χ3n) is 4.46. The summed E-state index contributed by atoms with van der Waals surface area (Å²) in [6, 6.07) is 12.6. The Balaban J connectivity index is 1.50. The van der Waals surface area contributed by atoms with E-state index in [0.29, 0.717) is 16.1 Å². The standard InChI is InChI=1S/C19H18N6S/c20-11-15-12-22-19(26-15)24-18-5-1-3-16(23-18)17-4-2-10-25(17)13-14-6-8-21-9-7-14/h1,3,5-9,12,17H,2,4,10,13H2,(H,22,23,24)/t17-/m1/s1. The fourth-order valence-electron chi connectivity index (χ4n) is 3.27. The van der Waals surface area contributed by atoms with Gasteiger partial charge in [0.05, 0.1) is 17.9 Å². The van der Waals surface area contributed by atoms with E-state index < -0.39 is 0 Å². The van der Waals surface area contributed by atoms with Crippen LogP contribution in [-0.2, 0) is 6.54 Å². The zero-order chi connectivity index (χ0) is 17.8. The molecule has 1 N–H and O–H groups in total.